The van der Waals surface area contributed by atoms with E-state index in [1.54, 1.807) is 42.5 Å². The molecule has 0 aliphatic rings. The van der Waals surface area contributed by atoms with Crippen LogP contribution in [0.15, 0.2) is 48.5 Å². The number of halogens is 2. The van der Waals surface area contributed by atoms with Crippen LogP contribution in [0, 0.1) is 9.39 Å². The Morgan fingerprint density at radius 1 is 1.16 bits per heavy atom. The minimum atomic E-state index is -0.502. The maximum absolute atomic E-state index is 13.9. The summed E-state index contributed by atoms with van der Waals surface area (Å²) in [4.78, 5) is 17.4. The Balaban J connectivity index is 2.43. The Morgan fingerprint density at radius 3 is 2.42 bits per heavy atom. The highest BCUT2D eigenvalue weighted by Gasteiger charge is 2.22. The molecule has 3 nitrogen and oxygen atoms in total. The zero-order chi connectivity index (χ0) is 13.8. The second-order valence-corrected chi connectivity index (χ2v) is 4.88. The van der Waals surface area contributed by atoms with Gasteiger partial charge in [-0.25, -0.2) is 4.39 Å². The lowest BCUT2D eigenvalue weighted by Crippen LogP contribution is -2.31. The number of carbonyl (C=O) groups is 1. The van der Waals surface area contributed by atoms with Gasteiger partial charge in [-0.1, -0.05) is 24.3 Å². The first-order chi connectivity index (χ1) is 9.15. The fourth-order valence-corrected chi connectivity index (χ4v) is 2.34. The van der Waals surface area contributed by atoms with E-state index in [0.717, 1.165) is 5.06 Å². The molecule has 0 fully saturated rings. The average Bonchev–Trinajstić information content (AvgIpc) is 2.43. The molecule has 0 spiro atoms. The van der Waals surface area contributed by atoms with Gasteiger partial charge >= 0.3 is 0 Å². The Morgan fingerprint density at radius 2 is 1.84 bits per heavy atom. The molecule has 19 heavy (non-hydrogen) atoms. The molecule has 0 aromatic heterocycles. The van der Waals surface area contributed by atoms with Gasteiger partial charge in [-0.3, -0.25) is 9.63 Å². The second kappa shape index (κ2) is 6.12. The van der Waals surface area contributed by atoms with Gasteiger partial charge in [0.2, 0.25) is 0 Å². The Kier molecular flexibility index (Phi) is 4.49. The molecule has 2 aromatic carbocycles. The van der Waals surface area contributed by atoms with Crippen molar-refractivity contribution in [3.63, 3.8) is 0 Å². The van der Waals surface area contributed by atoms with Crippen molar-refractivity contribution in [3.05, 3.63) is 63.5 Å². The number of hydroxylamine groups is 1. The quantitative estimate of drug-likeness (QED) is 0.609. The first-order valence-corrected chi connectivity index (χ1v) is 6.60. The van der Waals surface area contributed by atoms with Crippen molar-refractivity contribution in [2.45, 2.75) is 0 Å². The summed E-state index contributed by atoms with van der Waals surface area (Å²) in [5.74, 6) is -0.913. The van der Waals surface area contributed by atoms with Gasteiger partial charge in [-0.15, -0.1) is 0 Å². The fourth-order valence-electron chi connectivity index (χ4n) is 1.66. The lowest BCUT2D eigenvalue weighted by Gasteiger charge is -2.21. The zero-order valence-corrected chi connectivity index (χ0v) is 12.3. The van der Waals surface area contributed by atoms with Crippen molar-refractivity contribution in [1.29, 1.82) is 0 Å². The smallest absolute Gasteiger partial charge is 0.269 e. The van der Waals surface area contributed by atoms with Crippen molar-refractivity contribution < 1.29 is 14.0 Å². The first-order valence-electron chi connectivity index (χ1n) is 5.52. The number of amides is 1. The van der Waals surface area contributed by atoms with Gasteiger partial charge in [0.1, 0.15) is 5.69 Å². The summed E-state index contributed by atoms with van der Waals surface area (Å²) in [5.41, 5.74) is 0.558. The molecule has 1 amide bonds. The van der Waals surface area contributed by atoms with Crippen LogP contribution in [0.3, 0.4) is 0 Å². The zero-order valence-electron chi connectivity index (χ0n) is 10.1. The monoisotopic (exact) mass is 371 g/mol. The average molecular weight is 371 g/mol. The number of benzene rings is 2. The van der Waals surface area contributed by atoms with Crippen LogP contribution in [-0.2, 0) is 4.84 Å². The summed E-state index contributed by atoms with van der Waals surface area (Å²) in [5, 5.41) is 0.965. The van der Waals surface area contributed by atoms with E-state index in [1.807, 2.05) is 22.6 Å². The highest BCUT2D eigenvalue weighted by molar-refractivity contribution is 14.1. The molecule has 2 aromatic rings. The summed E-state index contributed by atoms with van der Waals surface area (Å²) < 4.78 is 14.5. The third-order valence-electron chi connectivity index (χ3n) is 2.53. The van der Waals surface area contributed by atoms with Gasteiger partial charge < -0.3 is 0 Å². The van der Waals surface area contributed by atoms with Crippen LogP contribution in [0.2, 0.25) is 0 Å². The topological polar surface area (TPSA) is 29.5 Å². The summed E-state index contributed by atoms with van der Waals surface area (Å²) in [6.07, 6.45) is 0. The molecule has 0 saturated carbocycles. The molecule has 0 radical (unpaired) electrons. The normalized spacial score (nSPS) is 10.3. The standard InChI is InChI=1S/C14H11FINO2/c1-19-17(13-11(15)8-5-9-12(13)16)14(18)10-6-3-2-4-7-10/h2-9H,1H3. The van der Waals surface area contributed by atoms with E-state index in [-0.39, 0.29) is 5.69 Å². The number of para-hydroxylation sites is 1. The van der Waals surface area contributed by atoms with E-state index in [9.17, 15) is 9.18 Å². The molecule has 0 N–H and O–H groups in total. The van der Waals surface area contributed by atoms with Gasteiger partial charge in [-0.05, 0) is 46.9 Å². The van der Waals surface area contributed by atoms with Crippen LogP contribution in [0.1, 0.15) is 10.4 Å². The van der Waals surface area contributed by atoms with Crippen LogP contribution >= 0.6 is 22.6 Å². The maximum atomic E-state index is 13.9. The molecule has 0 atom stereocenters. The molecule has 98 valence electrons. The van der Waals surface area contributed by atoms with Gasteiger partial charge in [0.15, 0.2) is 5.82 Å². The Labute approximate surface area is 124 Å². The SMILES string of the molecule is CON(C(=O)c1ccccc1)c1c(F)cccc1I. The predicted octanol–water partition coefficient (Wildman–Crippen LogP) is 3.64. The van der Waals surface area contributed by atoms with Crippen molar-refractivity contribution >= 4 is 34.2 Å². The number of carbonyl (C=O) groups excluding carboxylic acids is 1. The number of hydrogen-bond donors (Lipinski definition) is 0. The molecule has 5 heteroatoms. The third kappa shape index (κ3) is 2.93. The number of nitrogens with zero attached hydrogens (tertiary/aromatic N) is 1. The van der Waals surface area contributed by atoms with E-state index < -0.39 is 11.7 Å². The first kappa shape index (κ1) is 14.0. The van der Waals surface area contributed by atoms with Crippen LogP contribution in [0.5, 0.6) is 0 Å². The van der Waals surface area contributed by atoms with Gasteiger partial charge in [0.05, 0.1) is 7.11 Å². The minimum absolute atomic E-state index is 0.124. The lowest BCUT2D eigenvalue weighted by atomic mass is 10.2. The summed E-state index contributed by atoms with van der Waals surface area (Å²) in [7, 11) is 1.34. The van der Waals surface area contributed by atoms with E-state index in [0.29, 0.717) is 9.13 Å². The van der Waals surface area contributed by atoms with Crippen LogP contribution < -0.4 is 5.06 Å². The van der Waals surface area contributed by atoms with Crippen molar-refractivity contribution in [3.8, 4) is 0 Å². The van der Waals surface area contributed by atoms with Crippen molar-refractivity contribution in [1.82, 2.24) is 0 Å². The number of hydrogen-bond acceptors (Lipinski definition) is 2. The predicted molar refractivity (Wildman–Crippen MR) is 79.4 cm³/mol. The Bertz CT molecular complexity index is 569. The molecule has 0 aliphatic heterocycles. The maximum Gasteiger partial charge on any atom is 0.282 e. The minimum Gasteiger partial charge on any atom is -0.269 e. The molecular formula is C14H11FINO2. The third-order valence-corrected chi connectivity index (χ3v) is 3.40. The molecule has 0 bridgehead atoms. The second-order valence-electron chi connectivity index (χ2n) is 3.72. The van der Waals surface area contributed by atoms with E-state index in [2.05, 4.69) is 0 Å². The number of rotatable bonds is 3. The molecule has 0 saturated heterocycles. The lowest BCUT2D eigenvalue weighted by molar-refractivity contribution is 0.0768. The highest BCUT2D eigenvalue weighted by atomic mass is 127. The van der Waals surface area contributed by atoms with Gasteiger partial charge in [0, 0.05) is 9.13 Å². The highest BCUT2D eigenvalue weighted by Crippen LogP contribution is 2.27. The van der Waals surface area contributed by atoms with Gasteiger partial charge in [-0.2, -0.15) is 5.06 Å². The molecular weight excluding hydrogens is 360 g/mol. The summed E-state index contributed by atoms with van der Waals surface area (Å²) >= 11 is 1.96. The summed E-state index contributed by atoms with van der Waals surface area (Å²) in [6, 6.07) is 13.2. The van der Waals surface area contributed by atoms with Crippen LogP contribution in [0.4, 0.5) is 10.1 Å². The summed E-state index contributed by atoms with van der Waals surface area (Å²) in [6.45, 7) is 0. The molecule has 2 rings (SSSR count). The van der Waals surface area contributed by atoms with E-state index >= 15 is 0 Å². The largest absolute Gasteiger partial charge is 0.282 e. The molecule has 0 heterocycles. The van der Waals surface area contributed by atoms with E-state index in [1.165, 1.54) is 13.2 Å². The fraction of sp³-hybridized carbons (Fsp3) is 0.0714. The van der Waals surface area contributed by atoms with Crippen LogP contribution in [0.25, 0.3) is 0 Å². The van der Waals surface area contributed by atoms with Crippen molar-refractivity contribution in [2.24, 2.45) is 0 Å². The van der Waals surface area contributed by atoms with E-state index in [4.69, 9.17) is 4.84 Å². The number of anilines is 1. The van der Waals surface area contributed by atoms with Crippen molar-refractivity contribution in [2.75, 3.05) is 12.2 Å². The molecule has 0 unspecified atom stereocenters. The Hall–Kier alpha value is -1.47. The molecule has 0 aliphatic carbocycles. The van der Waals surface area contributed by atoms with Gasteiger partial charge in [0.25, 0.3) is 5.91 Å². The van der Waals surface area contributed by atoms with Crippen LogP contribution in [-0.4, -0.2) is 13.0 Å².